The molecule has 1 aliphatic rings. The van der Waals surface area contributed by atoms with Gasteiger partial charge in [0.15, 0.2) is 0 Å². The van der Waals surface area contributed by atoms with E-state index in [0.717, 1.165) is 31.6 Å². The maximum absolute atomic E-state index is 12.3. The quantitative estimate of drug-likeness (QED) is 0.684. The number of Topliss-reactive ketones (excluding diaryl/α,β-unsaturated/α-hetero) is 1. The molecule has 0 saturated heterocycles. The van der Waals surface area contributed by atoms with Crippen molar-refractivity contribution in [2.75, 3.05) is 0 Å². The third-order valence-electron chi connectivity index (χ3n) is 4.74. The molecule has 0 aromatic heterocycles. The number of carbonyl (C=O) groups is 1. The Hall–Kier alpha value is -0.330. The van der Waals surface area contributed by atoms with Crippen LogP contribution in [-0.2, 0) is 4.79 Å². The Kier molecular flexibility index (Phi) is 5.22. The summed E-state index contributed by atoms with van der Waals surface area (Å²) in [6, 6.07) is 0. The second-order valence-corrected chi connectivity index (χ2v) is 6.83. The lowest BCUT2D eigenvalue weighted by Gasteiger charge is -2.37. The summed E-state index contributed by atoms with van der Waals surface area (Å²) >= 11 is 0. The van der Waals surface area contributed by atoms with Crippen molar-refractivity contribution >= 4 is 5.78 Å². The minimum absolute atomic E-state index is 0.325. The summed E-state index contributed by atoms with van der Waals surface area (Å²) in [6.45, 7) is 11.3. The molecule has 0 unspecified atom stereocenters. The van der Waals surface area contributed by atoms with Crippen molar-refractivity contribution in [3.63, 3.8) is 0 Å². The van der Waals surface area contributed by atoms with E-state index in [2.05, 4.69) is 34.6 Å². The van der Waals surface area contributed by atoms with Crippen molar-refractivity contribution in [1.82, 2.24) is 0 Å². The zero-order valence-corrected chi connectivity index (χ0v) is 12.4. The molecule has 0 aromatic rings. The standard InChI is InChI=1S/C16H30O/c1-6-12(7-2)15(17)13-8-10-14(11-9-13)16(3,4)5/h12-14H,6-11H2,1-5H3. The van der Waals surface area contributed by atoms with E-state index in [1.807, 2.05) is 0 Å². The van der Waals surface area contributed by atoms with Gasteiger partial charge in [-0.1, -0.05) is 34.6 Å². The predicted octanol–water partition coefficient (Wildman–Crippen LogP) is 4.84. The van der Waals surface area contributed by atoms with Gasteiger partial charge in [-0.3, -0.25) is 4.79 Å². The fourth-order valence-corrected chi connectivity index (χ4v) is 3.27. The highest BCUT2D eigenvalue weighted by Gasteiger charge is 2.33. The van der Waals surface area contributed by atoms with E-state index in [1.165, 1.54) is 12.8 Å². The van der Waals surface area contributed by atoms with Gasteiger partial charge < -0.3 is 0 Å². The van der Waals surface area contributed by atoms with E-state index in [4.69, 9.17) is 0 Å². The van der Waals surface area contributed by atoms with Gasteiger partial charge in [0.2, 0.25) is 0 Å². The molecule has 1 rings (SSSR count). The van der Waals surface area contributed by atoms with Gasteiger partial charge >= 0.3 is 0 Å². The van der Waals surface area contributed by atoms with Gasteiger partial charge in [-0.05, 0) is 49.9 Å². The topological polar surface area (TPSA) is 17.1 Å². The summed E-state index contributed by atoms with van der Waals surface area (Å²) in [5.74, 6) is 2.07. The van der Waals surface area contributed by atoms with Crippen LogP contribution >= 0.6 is 0 Å². The molecule has 0 heterocycles. The minimum atomic E-state index is 0.325. The zero-order chi connectivity index (χ0) is 13.1. The molecular formula is C16H30O. The lowest BCUT2D eigenvalue weighted by atomic mass is 9.68. The van der Waals surface area contributed by atoms with Gasteiger partial charge in [0.1, 0.15) is 5.78 Å². The molecular weight excluding hydrogens is 208 g/mol. The molecule has 0 amide bonds. The second-order valence-electron chi connectivity index (χ2n) is 6.83. The molecule has 1 nitrogen and oxygen atoms in total. The molecule has 0 aromatic carbocycles. The maximum Gasteiger partial charge on any atom is 0.139 e. The van der Waals surface area contributed by atoms with Crippen molar-refractivity contribution in [2.24, 2.45) is 23.2 Å². The third kappa shape index (κ3) is 3.82. The molecule has 0 bridgehead atoms. The highest BCUT2D eigenvalue weighted by molar-refractivity contribution is 5.83. The molecule has 1 fully saturated rings. The van der Waals surface area contributed by atoms with Crippen molar-refractivity contribution in [1.29, 1.82) is 0 Å². The number of carbonyl (C=O) groups excluding carboxylic acids is 1. The van der Waals surface area contributed by atoms with Gasteiger partial charge in [-0.2, -0.15) is 0 Å². The van der Waals surface area contributed by atoms with Crippen LogP contribution in [0, 0.1) is 23.2 Å². The van der Waals surface area contributed by atoms with E-state index in [1.54, 1.807) is 0 Å². The Bertz CT molecular complexity index is 237. The first-order valence-electron chi connectivity index (χ1n) is 7.43. The van der Waals surface area contributed by atoms with E-state index in [9.17, 15) is 4.79 Å². The van der Waals surface area contributed by atoms with Crippen LogP contribution in [0.4, 0.5) is 0 Å². The molecule has 17 heavy (non-hydrogen) atoms. The largest absolute Gasteiger partial charge is 0.299 e. The molecule has 1 saturated carbocycles. The first kappa shape index (κ1) is 14.7. The summed E-state index contributed by atoms with van der Waals surface area (Å²) in [5.41, 5.74) is 0.420. The summed E-state index contributed by atoms with van der Waals surface area (Å²) < 4.78 is 0. The fourth-order valence-electron chi connectivity index (χ4n) is 3.27. The SMILES string of the molecule is CCC(CC)C(=O)C1CCC(C(C)(C)C)CC1. The lowest BCUT2D eigenvalue weighted by Crippen LogP contribution is -2.31. The molecule has 0 N–H and O–H groups in total. The molecule has 1 heteroatoms. The lowest BCUT2D eigenvalue weighted by molar-refractivity contribution is -0.128. The minimum Gasteiger partial charge on any atom is -0.299 e. The van der Waals surface area contributed by atoms with Crippen LogP contribution in [0.25, 0.3) is 0 Å². The monoisotopic (exact) mass is 238 g/mol. The average Bonchev–Trinajstić information content (AvgIpc) is 2.29. The summed E-state index contributed by atoms with van der Waals surface area (Å²) in [4.78, 5) is 12.3. The first-order valence-corrected chi connectivity index (χ1v) is 7.43. The Balaban J connectivity index is 2.49. The number of ketones is 1. The van der Waals surface area contributed by atoms with Crippen LogP contribution < -0.4 is 0 Å². The van der Waals surface area contributed by atoms with Gasteiger partial charge in [-0.15, -0.1) is 0 Å². The van der Waals surface area contributed by atoms with Crippen molar-refractivity contribution in [2.45, 2.75) is 73.1 Å². The van der Waals surface area contributed by atoms with E-state index in [-0.39, 0.29) is 0 Å². The second kappa shape index (κ2) is 6.02. The van der Waals surface area contributed by atoms with Crippen LogP contribution in [0.1, 0.15) is 73.1 Å². The Morgan fingerprint density at radius 3 is 1.88 bits per heavy atom. The maximum atomic E-state index is 12.3. The zero-order valence-electron chi connectivity index (χ0n) is 12.4. The molecule has 0 atom stereocenters. The van der Waals surface area contributed by atoms with Crippen molar-refractivity contribution in [3.05, 3.63) is 0 Å². The van der Waals surface area contributed by atoms with Crippen LogP contribution in [-0.4, -0.2) is 5.78 Å². The Labute approximate surface area is 107 Å². The van der Waals surface area contributed by atoms with E-state index < -0.39 is 0 Å². The van der Waals surface area contributed by atoms with Crippen molar-refractivity contribution in [3.8, 4) is 0 Å². The number of hydrogen-bond donors (Lipinski definition) is 0. The van der Waals surface area contributed by atoms with Crippen LogP contribution in [0.15, 0.2) is 0 Å². The molecule has 0 radical (unpaired) electrons. The number of hydrogen-bond acceptors (Lipinski definition) is 1. The normalized spacial score (nSPS) is 26.2. The smallest absolute Gasteiger partial charge is 0.139 e. The summed E-state index contributed by atoms with van der Waals surface area (Å²) in [5, 5.41) is 0. The Morgan fingerprint density at radius 1 is 1.06 bits per heavy atom. The highest BCUT2D eigenvalue weighted by Crippen LogP contribution is 2.40. The summed E-state index contributed by atoms with van der Waals surface area (Å²) in [6.07, 6.45) is 6.82. The Morgan fingerprint density at radius 2 is 1.53 bits per heavy atom. The van der Waals surface area contributed by atoms with Gasteiger partial charge in [0.05, 0.1) is 0 Å². The van der Waals surface area contributed by atoms with Gasteiger partial charge in [0.25, 0.3) is 0 Å². The molecule has 1 aliphatic carbocycles. The molecule has 0 aliphatic heterocycles. The fraction of sp³-hybridized carbons (Fsp3) is 0.938. The average molecular weight is 238 g/mol. The van der Waals surface area contributed by atoms with Crippen molar-refractivity contribution < 1.29 is 4.79 Å². The third-order valence-corrected chi connectivity index (χ3v) is 4.74. The summed E-state index contributed by atoms with van der Waals surface area (Å²) in [7, 11) is 0. The van der Waals surface area contributed by atoms with Gasteiger partial charge in [0, 0.05) is 11.8 Å². The van der Waals surface area contributed by atoms with Gasteiger partial charge in [-0.25, -0.2) is 0 Å². The number of rotatable bonds is 4. The molecule has 0 spiro atoms. The van der Waals surface area contributed by atoms with E-state index in [0.29, 0.717) is 23.0 Å². The highest BCUT2D eigenvalue weighted by atomic mass is 16.1. The van der Waals surface area contributed by atoms with Crippen LogP contribution in [0.5, 0.6) is 0 Å². The predicted molar refractivity (Wildman–Crippen MR) is 74.0 cm³/mol. The van der Waals surface area contributed by atoms with Crippen LogP contribution in [0.3, 0.4) is 0 Å². The first-order chi connectivity index (χ1) is 7.90. The van der Waals surface area contributed by atoms with Crippen LogP contribution in [0.2, 0.25) is 0 Å². The molecule has 100 valence electrons. The van der Waals surface area contributed by atoms with E-state index >= 15 is 0 Å².